The summed E-state index contributed by atoms with van der Waals surface area (Å²) in [6, 6.07) is 5.82. The molecule has 0 bridgehead atoms. The van der Waals surface area contributed by atoms with E-state index in [9.17, 15) is 0 Å². The Balaban J connectivity index is 0.000000472. The molecule has 0 atom stereocenters. The van der Waals surface area contributed by atoms with Crippen LogP contribution in [0.4, 0.5) is 0 Å². The summed E-state index contributed by atoms with van der Waals surface area (Å²) in [6.07, 6.45) is 46.1. The number of aromatic nitrogens is 9. The lowest BCUT2D eigenvalue weighted by Gasteiger charge is -2.29. The fraction of sp³-hybridized carbons (Fsp3) is 0.723. The summed E-state index contributed by atoms with van der Waals surface area (Å²) in [6.45, 7) is 53.9. The Labute approximate surface area is 518 Å². The van der Waals surface area contributed by atoms with E-state index in [1.54, 1.807) is 40.7 Å². The summed E-state index contributed by atoms with van der Waals surface area (Å²) in [5.41, 5.74) is 0. The third-order valence-electron chi connectivity index (χ3n) is 14.1. The molecule has 10 rings (SSSR count). The summed E-state index contributed by atoms with van der Waals surface area (Å²) in [7, 11) is 0. The van der Waals surface area contributed by atoms with Crippen molar-refractivity contribution >= 4 is 0 Å². The molecular weight excluding hydrogens is 1060 g/mol. The molecule has 7 aliphatic heterocycles. The van der Waals surface area contributed by atoms with Crippen LogP contribution in [0.2, 0.25) is 0 Å². The lowest BCUT2D eigenvalue weighted by atomic mass is 10.1. The third kappa shape index (κ3) is 37.9. The monoisotopic (exact) mass is 1190 g/mol. The topological polar surface area (TPSA) is 164 Å². The Morgan fingerprint density at radius 2 is 0.941 bits per heavy atom. The van der Waals surface area contributed by atoms with Gasteiger partial charge in [-0.1, -0.05) is 35.1 Å². The Morgan fingerprint density at radius 3 is 1.22 bits per heavy atom. The van der Waals surface area contributed by atoms with Crippen LogP contribution in [0.25, 0.3) is 0 Å². The van der Waals surface area contributed by atoms with Crippen molar-refractivity contribution in [3.63, 3.8) is 0 Å². The van der Waals surface area contributed by atoms with Crippen LogP contribution in [-0.2, 0) is 0 Å². The van der Waals surface area contributed by atoms with Crippen LogP contribution in [0.15, 0.2) is 122 Å². The summed E-state index contributed by atoms with van der Waals surface area (Å²) in [5, 5.41) is 38.4. The van der Waals surface area contributed by atoms with Gasteiger partial charge in [0.1, 0.15) is 12.7 Å². The fourth-order valence-electron chi connectivity index (χ4n) is 8.42. The van der Waals surface area contributed by atoms with Crippen molar-refractivity contribution in [3.8, 4) is 0 Å². The Bertz CT molecular complexity index is 1970. The minimum atomic E-state index is 0.380. The van der Waals surface area contributed by atoms with Crippen molar-refractivity contribution in [2.45, 2.75) is 250 Å². The average molecular weight is 1190 g/mol. The number of allylic oxidation sites excluding steroid dienone is 3. The van der Waals surface area contributed by atoms with Crippen molar-refractivity contribution in [1.29, 1.82) is 0 Å². The second kappa shape index (κ2) is 47.2. The first kappa shape index (κ1) is 77.0. The van der Waals surface area contributed by atoms with Crippen molar-refractivity contribution in [1.82, 2.24) is 89.8 Å². The minimum Gasteiger partial charge on any atom is -0.388 e. The molecule has 20 nitrogen and oxygen atoms in total. The van der Waals surface area contributed by atoms with Crippen LogP contribution in [-0.4, -0.2) is 180 Å². The molecule has 7 aliphatic rings. The number of hydrogen-bond donors (Lipinski definition) is 2. The highest BCUT2D eigenvalue weighted by molar-refractivity contribution is 5.03. The van der Waals surface area contributed by atoms with Gasteiger partial charge in [-0.15, -0.1) is 15.3 Å². The predicted molar refractivity (Wildman–Crippen MR) is 357 cm³/mol. The van der Waals surface area contributed by atoms with Crippen molar-refractivity contribution in [3.05, 3.63) is 111 Å². The van der Waals surface area contributed by atoms with Crippen LogP contribution in [0.3, 0.4) is 0 Å². The molecule has 0 unspecified atom stereocenters. The molecule has 3 aromatic rings. The number of hydrogen-bond acceptors (Lipinski definition) is 17. The van der Waals surface area contributed by atoms with E-state index >= 15 is 0 Å². The van der Waals surface area contributed by atoms with Crippen LogP contribution in [0.1, 0.15) is 208 Å². The van der Waals surface area contributed by atoms with E-state index < -0.39 is 0 Å². The lowest BCUT2D eigenvalue weighted by Crippen LogP contribution is -2.35. The number of nitrogens with one attached hydrogen (secondary N) is 2. The van der Waals surface area contributed by atoms with Gasteiger partial charge >= 0.3 is 0 Å². The number of likely N-dealkylation sites (tertiary alicyclic amines) is 2. The Hall–Kier alpha value is -6.02. The van der Waals surface area contributed by atoms with E-state index in [0.29, 0.717) is 48.3 Å². The molecule has 0 aromatic carbocycles. The highest BCUT2D eigenvalue weighted by Crippen LogP contribution is 2.13. The molecule has 3 aromatic heterocycles. The first-order valence-electron chi connectivity index (χ1n) is 32.3. The zero-order valence-corrected chi connectivity index (χ0v) is 57.2. The molecule has 2 fully saturated rings. The van der Waals surface area contributed by atoms with Gasteiger partial charge in [0, 0.05) is 130 Å². The largest absolute Gasteiger partial charge is 0.388 e. The van der Waals surface area contributed by atoms with E-state index in [1.807, 2.05) is 60.6 Å². The van der Waals surface area contributed by atoms with Crippen molar-refractivity contribution in [2.24, 2.45) is 10.3 Å². The molecule has 20 heteroatoms. The van der Waals surface area contributed by atoms with Gasteiger partial charge in [-0.05, 0) is 216 Å². The minimum absolute atomic E-state index is 0.380. The van der Waals surface area contributed by atoms with Crippen LogP contribution >= 0.6 is 0 Å². The second-order valence-electron chi connectivity index (χ2n) is 24.5. The summed E-state index contributed by atoms with van der Waals surface area (Å²) in [4.78, 5) is 15.8. The first-order chi connectivity index (χ1) is 40.5. The zero-order valence-electron chi connectivity index (χ0n) is 57.2. The average Bonchev–Trinajstić information content (AvgIpc) is 4.39. The molecule has 0 spiro atoms. The van der Waals surface area contributed by atoms with E-state index in [0.717, 1.165) is 44.7 Å². The van der Waals surface area contributed by atoms with Gasteiger partial charge in [-0.25, -0.2) is 0 Å². The molecule has 2 N–H and O–H groups in total. The van der Waals surface area contributed by atoms with Crippen LogP contribution < -0.4 is 10.6 Å². The molecule has 0 aliphatic carbocycles. The molecule has 10 heterocycles. The molecule has 2 saturated heterocycles. The summed E-state index contributed by atoms with van der Waals surface area (Å²) in [5.74, 6) is 0. The van der Waals surface area contributed by atoms with Gasteiger partial charge in [-0.2, -0.15) is 20.1 Å². The Morgan fingerprint density at radius 1 is 0.412 bits per heavy atom. The molecule has 0 amide bonds. The number of piperidine rings is 1. The number of rotatable bonds is 10. The molecule has 85 heavy (non-hydrogen) atoms. The maximum absolute atomic E-state index is 3.92. The van der Waals surface area contributed by atoms with Crippen LogP contribution in [0.5, 0.6) is 0 Å². The standard InChI is InChI=1S/C8H17N.C8H15N.C8H13N.C7H14N2.C7H12N2.C7H15N.C5H9N3.C5H11N3.2C5H9N3/c3*1-8(2)9-6-4-3-5-7-9;2*1-7(2)9-5-3-8-4-6-9;1-7(2)8-5-3-4-6-8;1-5(2)8-3-6-7-4-8;2*1-5(2)8-4-3-6-7-8;1-5(2)8-6-3-4-7-8/h8H,3-7H2,1-2H3;4,6,8H,3,5,7H2,1-2H3;4-8H,3H2,1-2H3;3,5,7-8H,4,6H2,1-2H3;3-8H,1-2H3;7H,3-6H2,1-2H3;3-5H,1-2H3;5H,3-4H2,1-2H3;2*3-5H,1-2H3. The van der Waals surface area contributed by atoms with Crippen molar-refractivity contribution < 1.29 is 0 Å². The van der Waals surface area contributed by atoms with E-state index in [-0.39, 0.29) is 0 Å². The highest BCUT2D eigenvalue weighted by atomic mass is 15.6. The first-order valence-corrected chi connectivity index (χ1v) is 32.3. The molecular formula is C65H124N20. The van der Waals surface area contributed by atoms with Gasteiger partial charge in [0.25, 0.3) is 0 Å². The maximum atomic E-state index is 3.92. The van der Waals surface area contributed by atoms with Gasteiger partial charge in [-0.3, -0.25) is 9.69 Å². The highest BCUT2D eigenvalue weighted by Gasteiger charge is 2.14. The van der Waals surface area contributed by atoms with Crippen LogP contribution in [0, 0.1) is 0 Å². The Kier molecular flexibility index (Phi) is 42.7. The fourth-order valence-corrected chi connectivity index (χ4v) is 8.42. The summed E-state index contributed by atoms with van der Waals surface area (Å²) >= 11 is 0. The number of nitrogens with zero attached hydrogens (tertiary/aromatic N) is 18. The zero-order chi connectivity index (χ0) is 63.4. The molecule has 0 saturated carbocycles. The smallest absolute Gasteiger partial charge is 0.119 e. The normalized spacial score (nSPS) is 16.8. The molecule has 484 valence electrons. The second-order valence-corrected chi connectivity index (χ2v) is 24.5. The third-order valence-corrected chi connectivity index (χ3v) is 14.1. The van der Waals surface area contributed by atoms with Gasteiger partial charge < -0.3 is 44.6 Å². The SMILES string of the molecule is CC(C)N1C=CCC=C1.CC(C)N1C=CCCC1.CC(C)N1C=CNC=C1.CC(C)N1C=CNCC1.CC(C)N1CCCC1.CC(C)N1CCCCC1.CC(C)N1CCN=N1.CC(C)n1ccnn1.CC(C)n1cnnc1.CC(C)n1nccn1. The molecule has 0 radical (unpaired) electrons. The van der Waals surface area contributed by atoms with E-state index in [4.69, 9.17) is 0 Å². The van der Waals surface area contributed by atoms with E-state index in [2.05, 4.69) is 249 Å². The maximum Gasteiger partial charge on any atom is 0.119 e. The summed E-state index contributed by atoms with van der Waals surface area (Å²) < 4.78 is 3.75. The van der Waals surface area contributed by atoms with E-state index in [1.165, 1.54) is 77.7 Å². The van der Waals surface area contributed by atoms with Gasteiger partial charge in [0.15, 0.2) is 0 Å². The lowest BCUT2D eigenvalue weighted by molar-refractivity contribution is 0.185. The van der Waals surface area contributed by atoms with Gasteiger partial charge in [0.2, 0.25) is 0 Å². The van der Waals surface area contributed by atoms with Crippen molar-refractivity contribution in [2.75, 3.05) is 58.9 Å². The van der Waals surface area contributed by atoms with Gasteiger partial charge in [0.05, 0.1) is 37.7 Å². The quantitative estimate of drug-likeness (QED) is 0.197. The predicted octanol–water partition coefficient (Wildman–Crippen LogP) is 13.2.